The summed E-state index contributed by atoms with van der Waals surface area (Å²) >= 11 is 1.58. The van der Waals surface area contributed by atoms with Crippen LogP contribution in [0.2, 0.25) is 0 Å². The van der Waals surface area contributed by atoms with Gasteiger partial charge in [-0.3, -0.25) is 0 Å². The van der Waals surface area contributed by atoms with Crippen molar-refractivity contribution in [1.29, 1.82) is 0 Å². The van der Waals surface area contributed by atoms with E-state index in [1.54, 1.807) is 18.0 Å². The highest BCUT2D eigenvalue weighted by Crippen LogP contribution is 2.20. The Balaban J connectivity index is 2.06. The van der Waals surface area contributed by atoms with Crippen molar-refractivity contribution in [2.45, 2.75) is 24.4 Å². The third-order valence-corrected chi connectivity index (χ3v) is 3.05. The molecule has 2 aromatic heterocycles. The quantitative estimate of drug-likeness (QED) is 0.587. The molecule has 0 aliphatic carbocycles. The number of allylic oxidation sites excluding steroid dienone is 1. The summed E-state index contributed by atoms with van der Waals surface area (Å²) in [7, 11) is 0. The molecule has 0 radical (unpaired) electrons. The maximum Gasteiger partial charge on any atom is 0.191 e. The smallest absolute Gasteiger partial charge is 0.191 e. The lowest BCUT2D eigenvalue weighted by molar-refractivity contribution is 0.414. The van der Waals surface area contributed by atoms with Crippen LogP contribution in [0.25, 0.3) is 0 Å². The largest absolute Gasteiger partial charge is 0.364 e. The second-order valence-corrected chi connectivity index (χ2v) is 4.15. The van der Waals surface area contributed by atoms with Crippen LogP contribution >= 0.6 is 11.8 Å². The van der Waals surface area contributed by atoms with E-state index in [1.807, 2.05) is 23.6 Å². The van der Waals surface area contributed by atoms with Gasteiger partial charge >= 0.3 is 0 Å². The second kappa shape index (κ2) is 4.98. The fourth-order valence-electron chi connectivity index (χ4n) is 1.26. The molecular formula is C10H12N4OS. The van der Waals surface area contributed by atoms with Crippen molar-refractivity contribution in [3.8, 4) is 0 Å². The van der Waals surface area contributed by atoms with Crippen molar-refractivity contribution in [2.24, 2.45) is 0 Å². The van der Waals surface area contributed by atoms with Crippen LogP contribution in [0, 0.1) is 6.92 Å². The third kappa shape index (κ3) is 2.33. The molecule has 0 spiro atoms. The second-order valence-electron chi connectivity index (χ2n) is 3.21. The zero-order valence-electron chi connectivity index (χ0n) is 8.96. The van der Waals surface area contributed by atoms with Gasteiger partial charge in [-0.2, -0.15) is 0 Å². The number of hydrogen-bond acceptors (Lipinski definition) is 5. The van der Waals surface area contributed by atoms with Crippen LogP contribution in [0.5, 0.6) is 0 Å². The number of aromatic nitrogens is 4. The lowest BCUT2D eigenvalue weighted by atomic mass is 10.5. The summed E-state index contributed by atoms with van der Waals surface area (Å²) < 4.78 is 6.78. The first-order valence-corrected chi connectivity index (χ1v) is 5.82. The van der Waals surface area contributed by atoms with E-state index in [1.165, 1.54) is 0 Å². The molecule has 0 saturated carbocycles. The first-order chi connectivity index (χ1) is 7.81. The minimum Gasteiger partial charge on any atom is -0.364 e. The summed E-state index contributed by atoms with van der Waals surface area (Å²) in [6.45, 7) is 6.36. The molecule has 2 heterocycles. The molecule has 6 heteroatoms. The van der Waals surface area contributed by atoms with Gasteiger partial charge in [0.05, 0.1) is 5.69 Å². The van der Waals surface area contributed by atoms with Crippen LogP contribution in [0.3, 0.4) is 0 Å². The minimum absolute atomic E-state index is 0.722. The van der Waals surface area contributed by atoms with Crippen molar-refractivity contribution in [1.82, 2.24) is 19.9 Å². The minimum atomic E-state index is 0.722. The van der Waals surface area contributed by atoms with E-state index >= 15 is 0 Å². The maximum absolute atomic E-state index is 4.76. The van der Waals surface area contributed by atoms with E-state index in [4.69, 9.17) is 4.52 Å². The van der Waals surface area contributed by atoms with E-state index < -0.39 is 0 Å². The van der Waals surface area contributed by atoms with Crippen molar-refractivity contribution in [3.63, 3.8) is 0 Å². The summed E-state index contributed by atoms with van der Waals surface area (Å²) in [4.78, 5) is 0. The van der Waals surface area contributed by atoms with Gasteiger partial charge in [-0.25, -0.2) is 0 Å². The van der Waals surface area contributed by atoms with Crippen LogP contribution in [0.1, 0.15) is 11.5 Å². The summed E-state index contributed by atoms with van der Waals surface area (Å²) in [6, 6.07) is 1.84. The molecule has 0 saturated heterocycles. The Morgan fingerprint density at radius 3 is 3.12 bits per heavy atom. The molecule has 2 rings (SSSR count). The Morgan fingerprint density at radius 1 is 1.56 bits per heavy atom. The number of hydrogen-bond donors (Lipinski definition) is 0. The molecule has 0 aliphatic rings. The average Bonchev–Trinajstić information content (AvgIpc) is 2.89. The van der Waals surface area contributed by atoms with Gasteiger partial charge < -0.3 is 9.09 Å². The molecule has 0 unspecified atom stereocenters. The lowest BCUT2D eigenvalue weighted by Gasteiger charge is -2.03. The Morgan fingerprint density at radius 2 is 2.44 bits per heavy atom. The Labute approximate surface area is 97.5 Å². The fraction of sp³-hybridized carbons (Fsp3) is 0.300. The van der Waals surface area contributed by atoms with Crippen LogP contribution in [0.15, 0.2) is 34.7 Å². The number of rotatable bonds is 5. The van der Waals surface area contributed by atoms with Crippen LogP contribution in [-0.2, 0) is 12.3 Å². The molecule has 84 valence electrons. The Bertz CT molecular complexity index is 463. The van der Waals surface area contributed by atoms with Gasteiger partial charge in [0.25, 0.3) is 0 Å². The number of aryl methyl sites for hydroxylation is 1. The average molecular weight is 236 g/mol. The summed E-state index contributed by atoms with van der Waals surface area (Å²) in [5, 5.41) is 12.9. The van der Waals surface area contributed by atoms with E-state index in [-0.39, 0.29) is 0 Å². The highest BCUT2D eigenvalue weighted by atomic mass is 32.2. The summed E-state index contributed by atoms with van der Waals surface area (Å²) in [6.07, 6.45) is 3.39. The summed E-state index contributed by atoms with van der Waals surface area (Å²) in [5.74, 6) is 1.62. The third-order valence-electron chi connectivity index (χ3n) is 2.05. The standard InChI is InChI=1S/C10H12N4OS/c1-3-5-14-8(2)11-12-10(14)16-7-9-4-6-15-13-9/h3-4,6H,1,5,7H2,2H3. The predicted molar refractivity (Wildman–Crippen MR) is 61.0 cm³/mol. The zero-order chi connectivity index (χ0) is 11.4. The SMILES string of the molecule is C=CCn1c(C)nnc1SCc1ccon1. The van der Waals surface area contributed by atoms with Crippen molar-refractivity contribution >= 4 is 11.8 Å². The number of thioether (sulfide) groups is 1. The molecule has 0 amide bonds. The topological polar surface area (TPSA) is 56.7 Å². The molecule has 0 N–H and O–H groups in total. The molecule has 0 atom stereocenters. The van der Waals surface area contributed by atoms with Gasteiger partial charge in [-0.1, -0.05) is 23.0 Å². The van der Waals surface area contributed by atoms with Crippen LogP contribution in [-0.4, -0.2) is 19.9 Å². The van der Waals surface area contributed by atoms with E-state index in [9.17, 15) is 0 Å². The number of nitrogens with zero attached hydrogens (tertiary/aromatic N) is 4. The van der Waals surface area contributed by atoms with E-state index in [0.29, 0.717) is 0 Å². The van der Waals surface area contributed by atoms with Crippen molar-refractivity contribution in [2.75, 3.05) is 0 Å². The monoisotopic (exact) mass is 236 g/mol. The van der Waals surface area contributed by atoms with Gasteiger partial charge in [-0.15, -0.1) is 16.8 Å². The molecule has 0 fully saturated rings. The molecule has 2 aromatic rings. The predicted octanol–water partition coefficient (Wildman–Crippen LogP) is 2.05. The Kier molecular flexibility index (Phi) is 3.40. The normalized spacial score (nSPS) is 10.6. The maximum atomic E-state index is 4.76. The molecular weight excluding hydrogens is 224 g/mol. The molecule has 0 bridgehead atoms. The van der Waals surface area contributed by atoms with Gasteiger partial charge in [0, 0.05) is 18.4 Å². The van der Waals surface area contributed by atoms with E-state index in [2.05, 4.69) is 21.9 Å². The van der Waals surface area contributed by atoms with Crippen LogP contribution < -0.4 is 0 Å². The molecule has 5 nitrogen and oxygen atoms in total. The van der Waals surface area contributed by atoms with Gasteiger partial charge in [0.2, 0.25) is 0 Å². The first kappa shape index (κ1) is 10.9. The van der Waals surface area contributed by atoms with Gasteiger partial charge in [-0.05, 0) is 6.92 Å². The van der Waals surface area contributed by atoms with Gasteiger partial charge in [0.1, 0.15) is 12.1 Å². The molecule has 0 aliphatic heterocycles. The highest BCUT2D eigenvalue weighted by Gasteiger charge is 2.08. The lowest BCUT2D eigenvalue weighted by Crippen LogP contribution is -2.00. The summed E-state index contributed by atoms with van der Waals surface area (Å²) in [5.41, 5.74) is 0.899. The van der Waals surface area contributed by atoms with Crippen molar-refractivity contribution < 1.29 is 4.52 Å². The fourth-order valence-corrected chi connectivity index (χ4v) is 2.15. The van der Waals surface area contributed by atoms with Gasteiger partial charge in [0.15, 0.2) is 5.16 Å². The van der Waals surface area contributed by atoms with Crippen LogP contribution in [0.4, 0.5) is 0 Å². The molecule has 16 heavy (non-hydrogen) atoms. The van der Waals surface area contributed by atoms with E-state index in [0.717, 1.165) is 29.0 Å². The molecule has 0 aromatic carbocycles. The Hall–Kier alpha value is -1.56. The highest BCUT2D eigenvalue weighted by molar-refractivity contribution is 7.98. The van der Waals surface area contributed by atoms with Crippen molar-refractivity contribution in [3.05, 3.63) is 36.5 Å². The first-order valence-electron chi connectivity index (χ1n) is 4.84. The zero-order valence-corrected chi connectivity index (χ0v) is 9.78.